The molecule has 0 saturated carbocycles. The minimum Gasteiger partial charge on any atom is -0.467 e. The van der Waals surface area contributed by atoms with Crippen molar-refractivity contribution in [2.75, 3.05) is 25.6 Å². The molecule has 0 fully saturated rings. The highest BCUT2D eigenvalue weighted by molar-refractivity contribution is 8.15. The van der Waals surface area contributed by atoms with E-state index in [1.807, 2.05) is 6.92 Å². The molecule has 0 bridgehead atoms. The molecule has 2 aromatic rings. The maximum Gasteiger partial charge on any atom is 0.422 e. The van der Waals surface area contributed by atoms with Crippen molar-refractivity contribution in [3.05, 3.63) is 46.9 Å². The molecule has 1 amide bonds. The molecule has 8 nitrogen and oxygen atoms in total. The predicted octanol–water partition coefficient (Wildman–Crippen LogP) is 4.33. The Balaban J connectivity index is 1.88. The number of aromatic nitrogens is 2. The van der Waals surface area contributed by atoms with Crippen LogP contribution >= 0.6 is 11.8 Å². The van der Waals surface area contributed by atoms with Crippen molar-refractivity contribution >= 4 is 28.5 Å². The molecule has 3 rings (SSSR count). The SMILES string of the molecule is COC[C@@]1(C)C[C@@](C)(c2cc(NC(=O)c3ncc(OCC(F)(F)F)nc3C)cc(F)c2F)N=C(N)S1. The monoisotopic (exact) mass is 533 g/mol. The van der Waals surface area contributed by atoms with E-state index in [0.29, 0.717) is 0 Å². The van der Waals surface area contributed by atoms with Gasteiger partial charge < -0.3 is 20.5 Å². The lowest BCUT2D eigenvalue weighted by molar-refractivity contribution is -0.154. The largest absolute Gasteiger partial charge is 0.467 e. The zero-order valence-electron chi connectivity index (χ0n) is 19.8. The van der Waals surface area contributed by atoms with Gasteiger partial charge in [0.1, 0.15) is 5.69 Å². The standard InChI is InChI=1S/C22H24F5N5O3S/c1-11-17(29-7-15(30-11)35-10-22(25,26)27)18(33)31-12-5-13(16(24)14(23)6-12)21(3)8-20(2,9-34-4)36-19(28)32-21/h5-7H,8-10H2,1-4H3,(H2,28,32)(H,31,33)/t20-,21+/m1/s1. The molecule has 1 aromatic heterocycles. The number of amides is 1. The van der Waals surface area contributed by atoms with E-state index in [0.717, 1.165) is 12.3 Å². The van der Waals surface area contributed by atoms with Gasteiger partial charge in [-0.05, 0) is 33.3 Å². The van der Waals surface area contributed by atoms with Crippen LogP contribution in [-0.4, -0.2) is 52.3 Å². The van der Waals surface area contributed by atoms with Gasteiger partial charge in [-0.1, -0.05) is 11.8 Å². The summed E-state index contributed by atoms with van der Waals surface area (Å²) in [5.74, 6) is -3.62. The molecule has 3 N–H and O–H groups in total. The lowest BCUT2D eigenvalue weighted by Crippen LogP contribution is -2.43. The second-order valence-corrected chi connectivity index (χ2v) is 10.3. The number of aliphatic imine (C=N–C) groups is 1. The number of thioether (sulfide) groups is 1. The first-order chi connectivity index (χ1) is 16.6. The van der Waals surface area contributed by atoms with Crippen LogP contribution in [0.4, 0.5) is 27.6 Å². The second kappa shape index (κ2) is 10.2. The second-order valence-electron chi connectivity index (χ2n) is 8.71. The molecule has 2 heterocycles. The van der Waals surface area contributed by atoms with Crippen LogP contribution in [-0.2, 0) is 10.3 Å². The first kappa shape index (κ1) is 27.6. The van der Waals surface area contributed by atoms with E-state index >= 15 is 0 Å². The van der Waals surface area contributed by atoms with E-state index in [1.165, 1.54) is 31.9 Å². The number of carbonyl (C=O) groups excluding carboxylic acids is 1. The van der Waals surface area contributed by atoms with E-state index in [9.17, 15) is 26.7 Å². The van der Waals surface area contributed by atoms with E-state index in [2.05, 4.69) is 25.0 Å². The molecular formula is C22H24F5N5O3S. The number of amidine groups is 1. The first-order valence-corrected chi connectivity index (χ1v) is 11.3. The van der Waals surface area contributed by atoms with E-state index < -0.39 is 46.5 Å². The van der Waals surface area contributed by atoms with Crippen LogP contribution in [0.1, 0.15) is 42.0 Å². The van der Waals surface area contributed by atoms with Gasteiger partial charge in [0.15, 0.2) is 23.4 Å². The third-order valence-electron chi connectivity index (χ3n) is 5.27. The number of nitrogens with zero attached hydrogens (tertiary/aromatic N) is 3. The molecule has 1 aliphatic heterocycles. The van der Waals surface area contributed by atoms with Gasteiger partial charge in [-0.2, -0.15) is 13.2 Å². The van der Waals surface area contributed by atoms with Crippen LogP contribution < -0.4 is 15.8 Å². The molecule has 0 saturated heterocycles. The summed E-state index contributed by atoms with van der Waals surface area (Å²) < 4.78 is 75.7. The molecule has 0 radical (unpaired) electrons. The molecule has 196 valence electrons. The number of nitrogens with two attached hydrogens (primary N) is 1. The number of halogens is 5. The van der Waals surface area contributed by atoms with Crippen molar-refractivity contribution in [1.29, 1.82) is 0 Å². The van der Waals surface area contributed by atoms with Crippen LogP contribution in [0.25, 0.3) is 0 Å². The number of nitrogens with one attached hydrogen (secondary N) is 1. The van der Waals surface area contributed by atoms with Crippen molar-refractivity contribution in [2.24, 2.45) is 10.7 Å². The summed E-state index contributed by atoms with van der Waals surface area (Å²) in [4.78, 5) is 24.7. The van der Waals surface area contributed by atoms with Crippen molar-refractivity contribution in [1.82, 2.24) is 9.97 Å². The summed E-state index contributed by atoms with van der Waals surface area (Å²) in [6.07, 6.45) is -3.45. The Morgan fingerprint density at radius 2 is 1.97 bits per heavy atom. The molecule has 0 aliphatic carbocycles. The number of carbonyl (C=O) groups is 1. The van der Waals surface area contributed by atoms with Crippen LogP contribution in [0, 0.1) is 18.6 Å². The average Bonchev–Trinajstić information content (AvgIpc) is 2.73. The van der Waals surface area contributed by atoms with Gasteiger partial charge in [0, 0.05) is 29.2 Å². The van der Waals surface area contributed by atoms with Gasteiger partial charge in [0.05, 0.1) is 24.0 Å². The minimum absolute atomic E-state index is 0.0287. The Bertz CT molecular complexity index is 1200. The molecular weight excluding hydrogens is 509 g/mol. The number of anilines is 1. The highest BCUT2D eigenvalue weighted by Gasteiger charge is 2.44. The number of benzene rings is 1. The van der Waals surface area contributed by atoms with Crippen LogP contribution in [0.5, 0.6) is 5.88 Å². The average molecular weight is 534 g/mol. The number of ether oxygens (including phenoxy) is 2. The summed E-state index contributed by atoms with van der Waals surface area (Å²) in [5.41, 5.74) is 4.25. The molecule has 14 heteroatoms. The summed E-state index contributed by atoms with van der Waals surface area (Å²) in [6, 6.07) is 2.04. The fourth-order valence-corrected chi connectivity index (χ4v) is 5.30. The van der Waals surface area contributed by atoms with E-state index in [4.69, 9.17) is 10.5 Å². The molecule has 1 aliphatic rings. The zero-order valence-corrected chi connectivity index (χ0v) is 20.6. The Morgan fingerprint density at radius 3 is 2.58 bits per heavy atom. The van der Waals surface area contributed by atoms with Gasteiger partial charge in [-0.3, -0.25) is 9.79 Å². The Kier molecular flexibility index (Phi) is 7.79. The smallest absolute Gasteiger partial charge is 0.422 e. The predicted molar refractivity (Wildman–Crippen MR) is 124 cm³/mol. The molecule has 2 atom stereocenters. The highest BCUT2D eigenvalue weighted by atomic mass is 32.2. The number of hydrogen-bond acceptors (Lipinski definition) is 8. The van der Waals surface area contributed by atoms with Gasteiger partial charge in [0.2, 0.25) is 5.88 Å². The van der Waals surface area contributed by atoms with Crippen molar-refractivity contribution in [3.63, 3.8) is 0 Å². The quantitative estimate of drug-likeness (QED) is 0.510. The zero-order chi connectivity index (χ0) is 26.9. The maximum absolute atomic E-state index is 14.9. The highest BCUT2D eigenvalue weighted by Crippen LogP contribution is 2.46. The third-order valence-corrected chi connectivity index (χ3v) is 6.32. The summed E-state index contributed by atoms with van der Waals surface area (Å²) >= 11 is 1.27. The topological polar surface area (TPSA) is 112 Å². The van der Waals surface area contributed by atoms with Crippen LogP contribution in [0.15, 0.2) is 23.3 Å². The molecule has 0 unspecified atom stereocenters. The van der Waals surface area contributed by atoms with E-state index in [-0.39, 0.29) is 40.8 Å². The summed E-state index contributed by atoms with van der Waals surface area (Å²) in [6.45, 7) is 3.52. The van der Waals surface area contributed by atoms with Gasteiger partial charge in [-0.15, -0.1) is 0 Å². The normalized spacial score (nSPS) is 22.2. The fraction of sp³-hybridized carbons (Fsp3) is 0.455. The number of alkyl halides is 3. The van der Waals surface area contributed by atoms with Crippen LogP contribution in [0.2, 0.25) is 0 Å². The van der Waals surface area contributed by atoms with Crippen molar-refractivity contribution in [2.45, 2.75) is 43.7 Å². The lowest BCUT2D eigenvalue weighted by Gasteiger charge is -2.41. The first-order valence-electron chi connectivity index (χ1n) is 10.5. The van der Waals surface area contributed by atoms with Gasteiger partial charge in [-0.25, -0.2) is 18.7 Å². The fourth-order valence-electron chi connectivity index (χ4n) is 4.02. The summed E-state index contributed by atoms with van der Waals surface area (Å²) in [5, 5.41) is 2.60. The van der Waals surface area contributed by atoms with Gasteiger partial charge >= 0.3 is 6.18 Å². The van der Waals surface area contributed by atoms with E-state index in [1.54, 1.807) is 6.92 Å². The maximum atomic E-state index is 14.9. The minimum atomic E-state index is -4.57. The Labute approximate surface area is 207 Å². The lowest BCUT2D eigenvalue weighted by atomic mass is 9.83. The molecule has 0 spiro atoms. The van der Waals surface area contributed by atoms with Crippen molar-refractivity contribution < 1.29 is 36.2 Å². The third kappa shape index (κ3) is 6.40. The number of hydrogen-bond donors (Lipinski definition) is 2. The van der Waals surface area contributed by atoms with Gasteiger partial charge in [0.25, 0.3) is 5.91 Å². The van der Waals surface area contributed by atoms with Crippen LogP contribution in [0.3, 0.4) is 0 Å². The molecule has 36 heavy (non-hydrogen) atoms. The number of rotatable bonds is 7. The Hall–Kier alpha value is -3.00. The summed E-state index contributed by atoms with van der Waals surface area (Å²) in [7, 11) is 1.52. The Morgan fingerprint density at radius 1 is 1.28 bits per heavy atom. The van der Waals surface area contributed by atoms with Crippen molar-refractivity contribution in [3.8, 4) is 5.88 Å². The number of methoxy groups -OCH3 is 1. The molecule has 1 aromatic carbocycles. The number of aryl methyl sites for hydroxylation is 1.